The van der Waals surface area contributed by atoms with Crippen molar-refractivity contribution in [3.63, 3.8) is 0 Å². The lowest BCUT2D eigenvalue weighted by atomic mass is 9.98. The minimum absolute atomic E-state index is 0.0352. The van der Waals surface area contributed by atoms with E-state index >= 15 is 0 Å². The number of aryl methyl sites for hydroxylation is 2. The van der Waals surface area contributed by atoms with Crippen LogP contribution in [-0.2, 0) is 4.57 Å². The fraction of sp³-hybridized carbons (Fsp3) is 0.333. The average Bonchev–Trinajstić information content (AvgIpc) is 2.70. The van der Waals surface area contributed by atoms with Crippen LogP contribution >= 0.6 is 7.80 Å². The lowest BCUT2D eigenvalue weighted by Gasteiger charge is -2.16. The van der Waals surface area contributed by atoms with Crippen molar-refractivity contribution in [3.05, 3.63) is 52.6 Å². The SMILES string of the molecule is COc1cc(OC)c(C(=O)[P](=O)C(C)C(=O)c2c(C)cccc2C)c(OC)c1. The van der Waals surface area contributed by atoms with Crippen molar-refractivity contribution in [3.8, 4) is 17.2 Å². The molecule has 0 bridgehead atoms. The number of rotatable bonds is 8. The highest BCUT2D eigenvalue weighted by Gasteiger charge is 2.33. The molecule has 0 aliphatic rings. The number of ether oxygens (including phenoxy) is 3. The molecule has 7 heteroatoms. The van der Waals surface area contributed by atoms with Crippen molar-refractivity contribution in [2.75, 3.05) is 21.3 Å². The third-order valence-electron chi connectivity index (χ3n) is 4.59. The van der Waals surface area contributed by atoms with Crippen molar-refractivity contribution >= 4 is 19.1 Å². The molecule has 2 aromatic rings. The first-order valence-corrected chi connectivity index (χ1v) is 10.0. The van der Waals surface area contributed by atoms with Crippen LogP contribution < -0.4 is 14.2 Å². The van der Waals surface area contributed by atoms with E-state index < -0.39 is 19.0 Å². The average molecular weight is 403 g/mol. The van der Waals surface area contributed by atoms with Crippen molar-refractivity contribution in [1.82, 2.24) is 0 Å². The molecule has 0 fully saturated rings. The smallest absolute Gasteiger partial charge is 0.250 e. The Morgan fingerprint density at radius 1 is 0.893 bits per heavy atom. The van der Waals surface area contributed by atoms with Gasteiger partial charge in [-0.1, -0.05) is 18.2 Å². The van der Waals surface area contributed by atoms with Crippen molar-refractivity contribution in [2.45, 2.75) is 26.4 Å². The van der Waals surface area contributed by atoms with Gasteiger partial charge in [-0.3, -0.25) is 14.2 Å². The highest BCUT2D eigenvalue weighted by Crippen LogP contribution is 2.43. The number of hydrogen-bond donors (Lipinski definition) is 0. The lowest BCUT2D eigenvalue weighted by molar-refractivity contribution is 0.0980. The van der Waals surface area contributed by atoms with Gasteiger partial charge in [-0.25, -0.2) is 0 Å². The second-order valence-corrected chi connectivity index (χ2v) is 8.18. The van der Waals surface area contributed by atoms with Gasteiger partial charge in [0, 0.05) is 17.7 Å². The van der Waals surface area contributed by atoms with E-state index in [-0.39, 0.29) is 22.8 Å². The number of ketones is 1. The van der Waals surface area contributed by atoms with Gasteiger partial charge >= 0.3 is 0 Å². The molecule has 149 valence electrons. The van der Waals surface area contributed by atoms with E-state index in [2.05, 4.69) is 0 Å². The summed E-state index contributed by atoms with van der Waals surface area (Å²) in [4.78, 5) is 26.0. The zero-order chi connectivity index (χ0) is 21.0. The van der Waals surface area contributed by atoms with Gasteiger partial charge in [0.15, 0.2) is 13.6 Å². The van der Waals surface area contributed by atoms with Gasteiger partial charge in [0.25, 0.3) is 0 Å². The first-order valence-electron chi connectivity index (χ1n) is 8.67. The normalized spacial score (nSPS) is 12.1. The Balaban J connectivity index is 2.44. The molecule has 2 atom stereocenters. The second kappa shape index (κ2) is 8.98. The summed E-state index contributed by atoms with van der Waals surface area (Å²) in [7, 11) is 1.69. The monoisotopic (exact) mass is 403 g/mol. The molecule has 0 amide bonds. The molecule has 28 heavy (non-hydrogen) atoms. The van der Waals surface area contributed by atoms with Gasteiger partial charge in [-0.05, 0) is 31.9 Å². The van der Waals surface area contributed by atoms with E-state index in [1.165, 1.54) is 40.4 Å². The third-order valence-corrected chi connectivity index (χ3v) is 6.15. The zero-order valence-electron chi connectivity index (χ0n) is 16.9. The maximum absolute atomic E-state index is 13.0. The summed E-state index contributed by atoms with van der Waals surface area (Å²) in [6.45, 7) is 5.14. The highest BCUT2D eigenvalue weighted by molar-refractivity contribution is 7.66. The van der Waals surface area contributed by atoms with Crippen LogP contribution in [0.4, 0.5) is 0 Å². The van der Waals surface area contributed by atoms with Gasteiger partial charge in [-0.15, -0.1) is 0 Å². The van der Waals surface area contributed by atoms with E-state index in [1.807, 2.05) is 32.0 Å². The first-order chi connectivity index (χ1) is 13.3. The first kappa shape index (κ1) is 21.6. The second-order valence-electron chi connectivity index (χ2n) is 6.34. The third kappa shape index (κ3) is 4.07. The van der Waals surface area contributed by atoms with Crippen molar-refractivity contribution in [1.29, 1.82) is 0 Å². The van der Waals surface area contributed by atoms with E-state index in [0.717, 1.165) is 11.1 Å². The number of carbonyl (C=O) groups excluding carboxylic acids is 2. The lowest BCUT2D eigenvalue weighted by Crippen LogP contribution is -2.19. The van der Waals surface area contributed by atoms with Crippen LogP contribution in [0.3, 0.4) is 0 Å². The molecule has 0 aliphatic heterocycles. The van der Waals surface area contributed by atoms with Crippen LogP contribution in [0.25, 0.3) is 0 Å². The summed E-state index contributed by atoms with van der Waals surface area (Å²) in [5, 5.41) is 0. The summed E-state index contributed by atoms with van der Waals surface area (Å²) in [5.74, 6) is 0.462. The molecule has 0 aliphatic carbocycles. The molecule has 0 heterocycles. The zero-order valence-corrected chi connectivity index (χ0v) is 17.8. The molecular weight excluding hydrogens is 379 g/mol. The van der Waals surface area contributed by atoms with Gasteiger partial charge in [-0.2, -0.15) is 0 Å². The van der Waals surface area contributed by atoms with E-state index in [9.17, 15) is 14.2 Å². The van der Waals surface area contributed by atoms with Crippen molar-refractivity contribution < 1.29 is 28.4 Å². The molecule has 2 rings (SSSR count). The van der Waals surface area contributed by atoms with E-state index in [0.29, 0.717) is 11.3 Å². The maximum Gasteiger partial charge on any atom is 0.250 e. The summed E-state index contributed by atoms with van der Waals surface area (Å²) < 4.78 is 28.7. The maximum atomic E-state index is 13.0. The molecule has 0 spiro atoms. The van der Waals surface area contributed by atoms with Gasteiger partial charge < -0.3 is 14.2 Å². The van der Waals surface area contributed by atoms with Gasteiger partial charge in [0.2, 0.25) is 5.52 Å². The fourth-order valence-electron chi connectivity index (χ4n) is 3.02. The van der Waals surface area contributed by atoms with Crippen LogP contribution in [0.5, 0.6) is 17.2 Å². The number of hydrogen-bond acceptors (Lipinski definition) is 6. The van der Waals surface area contributed by atoms with Gasteiger partial charge in [0.1, 0.15) is 22.8 Å². The molecule has 6 nitrogen and oxygen atoms in total. The van der Waals surface area contributed by atoms with Crippen LogP contribution in [0.2, 0.25) is 0 Å². The number of benzene rings is 2. The number of carbonyl (C=O) groups is 2. The molecule has 0 saturated carbocycles. The number of methoxy groups -OCH3 is 3. The Morgan fingerprint density at radius 3 is 1.82 bits per heavy atom. The molecule has 1 radical (unpaired) electrons. The Labute approximate surface area is 165 Å². The molecule has 2 aromatic carbocycles. The van der Waals surface area contributed by atoms with Crippen molar-refractivity contribution in [2.24, 2.45) is 0 Å². The molecule has 0 aromatic heterocycles. The molecule has 0 saturated heterocycles. The van der Waals surface area contributed by atoms with Gasteiger partial charge in [0.05, 0.1) is 27.0 Å². The highest BCUT2D eigenvalue weighted by atomic mass is 31.1. The summed E-state index contributed by atoms with van der Waals surface area (Å²) in [6.07, 6.45) is 0. The van der Waals surface area contributed by atoms with Crippen LogP contribution in [0.1, 0.15) is 38.8 Å². The Kier molecular flexibility index (Phi) is 6.92. The van der Waals surface area contributed by atoms with E-state index in [1.54, 1.807) is 0 Å². The number of Topliss-reactive ketones (excluding diaryl/α,β-unsaturated/α-hetero) is 1. The van der Waals surface area contributed by atoms with E-state index in [4.69, 9.17) is 14.2 Å². The Morgan fingerprint density at radius 2 is 1.39 bits per heavy atom. The van der Waals surface area contributed by atoms with Crippen LogP contribution in [0.15, 0.2) is 30.3 Å². The standard InChI is InChI=1S/C21H24O6P/c1-12-8-7-9-13(2)18(12)20(22)14(3)28(24)21(23)19-16(26-5)10-15(25-4)11-17(19)27-6/h7-11,14H,1-6H3. The Hall–Kier alpha value is -2.72. The summed E-state index contributed by atoms with van der Waals surface area (Å²) in [5.41, 5.74) is 0.421. The minimum atomic E-state index is -2.56. The Bertz CT molecular complexity index is 889. The predicted octanol–water partition coefficient (Wildman–Crippen LogP) is 4.57. The largest absolute Gasteiger partial charge is 0.496 e. The predicted molar refractivity (Wildman–Crippen MR) is 108 cm³/mol. The topological polar surface area (TPSA) is 78.9 Å². The quantitative estimate of drug-likeness (QED) is 0.475. The molecule has 0 N–H and O–H groups in total. The molecule has 2 unspecified atom stereocenters. The van der Waals surface area contributed by atoms with Crippen LogP contribution in [-0.4, -0.2) is 38.3 Å². The summed E-state index contributed by atoms with van der Waals surface area (Å²) in [6, 6.07) is 8.51. The van der Waals surface area contributed by atoms with Crippen LogP contribution in [0, 0.1) is 13.8 Å². The molecular formula is C21H24O6P. The minimum Gasteiger partial charge on any atom is -0.496 e. The fourth-order valence-corrected chi connectivity index (χ4v) is 4.16. The summed E-state index contributed by atoms with van der Waals surface area (Å²) >= 11 is 0.